The van der Waals surface area contributed by atoms with Crippen molar-refractivity contribution in [2.75, 3.05) is 17.1 Å². The Balaban J connectivity index is 2.44. The molecule has 34 heavy (non-hydrogen) atoms. The molecule has 2 aromatic carbocycles. The van der Waals surface area contributed by atoms with Crippen LogP contribution < -0.4 is 9.62 Å². The van der Waals surface area contributed by atoms with Crippen LogP contribution in [-0.2, 0) is 26.2 Å². The molecule has 0 aliphatic carbocycles. The monoisotopic (exact) mass is 527 g/mol. The highest BCUT2D eigenvalue weighted by atomic mass is 35.5. The molecule has 0 fully saturated rings. The van der Waals surface area contributed by atoms with Crippen molar-refractivity contribution in [3.8, 4) is 0 Å². The van der Waals surface area contributed by atoms with Crippen LogP contribution in [0.15, 0.2) is 42.5 Å². The van der Waals surface area contributed by atoms with E-state index in [0.717, 1.165) is 21.7 Å². The predicted molar refractivity (Wildman–Crippen MR) is 138 cm³/mol. The van der Waals surface area contributed by atoms with Crippen molar-refractivity contribution in [2.24, 2.45) is 0 Å². The molecule has 10 heteroatoms. The minimum atomic E-state index is -3.85. The fourth-order valence-corrected chi connectivity index (χ4v) is 4.42. The topological polar surface area (TPSA) is 86.8 Å². The fraction of sp³-hybridized carbons (Fsp3) is 0.417. The highest BCUT2D eigenvalue weighted by molar-refractivity contribution is 7.92. The van der Waals surface area contributed by atoms with E-state index in [2.05, 4.69) is 5.32 Å². The lowest BCUT2D eigenvalue weighted by atomic mass is 10.1. The van der Waals surface area contributed by atoms with Crippen LogP contribution in [0, 0.1) is 6.92 Å². The van der Waals surface area contributed by atoms with E-state index in [1.807, 2.05) is 52.0 Å². The van der Waals surface area contributed by atoms with Gasteiger partial charge in [0.25, 0.3) is 0 Å². The molecule has 0 aliphatic rings. The van der Waals surface area contributed by atoms with E-state index < -0.39 is 34.1 Å². The van der Waals surface area contributed by atoms with Crippen molar-refractivity contribution in [2.45, 2.75) is 52.7 Å². The van der Waals surface area contributed by atoms with Gasteiger partial charge in [0.2, 0.25) is 21.8 Å². The third-order valence-electron chi connectivity index (χ3n) is 5.14. The summed E-state index contributed by atoms with van der Waals surface area (Å²) >= 11 is 12.1. The number of halogens is 2. The van der Waals surface area contributed by atoms with Crippen molar-refractivity contribution in [3.63, 3.8) is 0 Å². The molecule has 0 spiro atoms. The predicted octanol–water partition coefficient (Wildman–Crippen LogP) is 4.40. The Kier molecular flexibility index (Phi) is 9.02. The Hall–Kier alpha value is -2.29. The number of sulfonamides is 1. The maximum absolute atomic E-state index is 13.5. The summed E-state index contributed by atoms with van der Waals surface area (Å²) in [6, 6.07) is 11.0. The molecule has 0 saturated carbocycles. The molecule has 2 aromatic rings. The lowest BCUT2D eigenvalue weighted by Crippen LogP contribution is -2.54. The van der Waals surface area contributed by atoms with Gasteiger partial charge in [0.1, 0.15) is 12.6 Å². The number of anilines is 1. The quantitative estimate of drug-likeness (QED) is 0.551. The van der Waals surface area contributed by atoms with Gasteiger partial charge in [-0.1, -0.05) is 47.5 Å². The molecule has 0 saturated heterocycles. The zero-order valence-corrected chi connectivity index (χ0v) is 22.6. The van der Waals surface area contributed by atoms with Gasteiger partial charge in [0.05, 0.1) is 22.0 Å². The smallest absolute Gasteiger partial charge is 0.244 e. The van der Waals surface area contributed by atoms with Crippen LogP contribution in [0.5, 0.6) is 0 Å². The molecule has 1 unspecified atom stereocenters. The van der Waals surface area contributed by atoms with Gasteiger partial charge in [-0.05, 0) is 63.9 Å². The number of carbonyl (C=O) groups excluding carboxylic acids is 2. The highest BCUT2D eigenvalue weighted by Gasteiger charge is 2.31. The molecule has 1 atom stereocenters. The van der Waals surface area contributed by atoms with Crippen LogP contribution in [0.1, 0.15) is 38.8 Å². The zero-order chi connectivity index (χ0) is 25.8. The summed E-state index contributed by atoms with van der Waals surface area (Å²) in [5.74, 6) is -0.869. The number of nitrogens with one attached hydrogen (secondary N) is 1. The van der Waals surface area contributed by atoms with E-state index in [1.165, 1.54) is 23.1 Å². The summed E-state index contributed by atoms with van der Waals surface area (Å²) < 4.78 is 26.1. The van der Waals surface area contributed by atoms with Crippen molar-refractivity contribution in [3.05, 3.63) is 63.6 Å². The molecule has 0 heterocycles. The SMILES string of the molecule is Cc1ccccc1CN(C(=O)CN(c1ccc(Cl)c(Cl)c1)S(C)(=O)=O)C(C)C(=O)NC(C)(C)C. The second-order valence-electron chi connectivity index (χ2n) is 9.23. The first-order valence-corrected chi connectivity index (χ1v) is 13.3. The summed E-state index contributed by atoms with van der Waals surface area (Å²) in [4.78, 5) is 27.9. The van der Waals surface area contributed by atoms with E-state index in [9.17, 15) is 18.0 Å². The van der Waals surface area contributed by atoms with Crippen molar-refractivity contribution < 1.29 is 18.0 Å². The number of rotatable bonds is 8. The summed E-state index contributed by atoms with van der Waals surface area (Å²) in [6.45, 7) is 8.72. The number of benzene rings is 2. The van der Waals surface area contributed by atoms with Gasteiger partial charge >= 0.3 is 0 Å². The number of carbonyl (C=O) groups is 2. The van der Waals surface area contributed by atoms with Crippen LogP contribution in [-0.4, -0.2) is 49.5 Å². The van der Waals surface area contributed by atoms with Crippen molar-refractivity contribution in [1.82, 2.24) is 10.2 Å². The molecule has 2 rings (SSSR count). The normalized spacial score (nSPS) is 12.7. The van der Waals surface area contributed by atoms with Gasteiger partial charge in [-0.15, -0.1) is 0 Å². The molecule has 1 N–H and O–H groups in total. The minimum absolute atomic E-state index is 0.142. The highest BCUT2D eigenvalue weighted by Crippen LogP contribution is 2.28. The Morgan fingerprint density at radius 3 is 2.21 bits per heavy atom. The van der Waals surface area contributed by atoms with Crippen molar-refractivity contribution in [1.29, 1.82) is 0 Å². The summed E-state index contributed by atoms with van der Waals surface area (Å²) in [6.07, 6.45) is 1.00. The third-order valence-corrected chi connectivity index (χ3v) is 7.02. The lowest BCUT2D eigenvalue weighted by molar-refractivity contribution is -0.140. The summed E-state index contributed by atoms with van der Waals surface area (Å²) in [5, 5.41) is 3.31. The maximum atomic E-state index is 13.5. The van der Waals surface area contributed by atoms with Gasteiger partial charge in [-0.3, -0.25) is 13.9 Å². The first-order chi connectivity index (χ1) is 15.6. The van der Waals surface area contributed by atoms with Crippen LogP contribution in [0.2, 0.25) is 10.0 Å². The average molecular weight is 529 g/mol. The number of amides is 2. The molecule has 0 bridgehead atoms. The van der Waals surface area contributed by atoms with Crippen LogP contribution in [0.4, 0.5) is 5.69 Å². The number of hydrogen-bond donors (Lipinski definition) is 1. The summed E-state index contributed by atoms with van der Waals surface area (Å²) in [5.41, 5.74) is 1.51. The zero-order valence-electron chi connectivity index (χ0n) is 20.2. The van der Waals surface area contributed by atoms with E-state index >= 15 is 0 Å². The molecule has 0 aliphatic heterocycles. The van der Waals surface area contributed by atoms with Crippen LogP contribution in [0.3, 0.4) is 0 Å². The number of nitrogens with zero attached hydrogens (tertiary/aromatic N) is 2. The second-order valence-corrected chi connectivity index (χ2v) is 12.0. The minimum Gasteiger partial charge on any atom is -0.350 e. The first kappa shape index (κ1) is 28.0. The van der Waals surface area contributed by atoms with E-state index in [-0.39, 0.29) is 28.2 Å². The second kappa shape index (κ2) is 11.0. The van der Waals surface area contributed by atoms with Gasteiger partial charge in [-0.2, -0.15) is 0 Å². The van der Waals surface area contributed by atoms with Crippen LogP contribution >= 0.6 is 23.2 Å². The van der Waals surface area contributed by atoms with Gasteiger partial charge in [-0.25, -0.2) is 8.42 Å². The summed E-state index contributed by atoms with van der Waals surface area (Å²) in [7, 11) is -3.85. The standard InChI is InChI=1S/C24H31Cl2N3O4S/c1-16-9-7-8-10-18(16)14-28(17(2)23(31)27-24(3,4)5)22(30)15-29(34(6,32)33)19-11-12-20(25)21(26)13-19/h7-13,17H,14-15H2,1-6H3,(H,27,31). The molecule has 2 amide bonds. The third kappa shape index (κ3) is 7.61. The van der Waals surface area contributed by atoms with E-state index in [4.69, 9.17) is 23.2 Å². The van der Waals surface area contributed by atoms with E-state index in [1.54, 1.807) is 6.92 Å². The molecular weight excluding hydrogens is 497 g/mol. The Morgan fingerprint density at radius 1 is 1.06 bits per heavy atom. The largest absolute Gasteiger partial charge is 0.350 e. The Labute approximate surface area is 212 Å². The first-order valence-electron chi connectivity index (χ1n) is 10.7. The lowest BCUT2D eigenvalue weighted by Gasteiger charge is -2.33. The molecule has 7 nitrogen and oxygen atoms in total. The average Bonchev–Trinajstić information content (AvgIpc) is 2.70. The van der Waals surface area contributed by atoms with Gasteiger partial charge < -0.3 is 10.2 Å². The molecular formula is C24H31Cl2N3O4S. The maximum Gasteiger partial charge on any atom is 0.244 e. The Bertz CT molecular complexity index is 1160. The molecule has 0 aromatic heterocycles. The number of aryl methyl sites for hydroxylation is 1. The number of hydrogen-bond acceptors (Lipinski definition) is 4. The van der Waals surface area contributed by atoms with Gasteiger partial charge in [0.15, 0.2) is 0 Å². The molecule has 0 radical (unpaired) electrons. The Morgan fingerprint density at radius 2 is 1.68 bits per heavy atom. The molecule has 186 valence electrons. The van der Waals surface area contributed by atoms with Crippen molar-refractivity contribution >= 4 is 50.7 Å². The van der Waals surface area contributed by atoms with Gasteiger partial charge in [0, 0.05) is 12.1 Å². The van der Waals surface area contributed by atoms with Crippen LogP contribution in [0.25, 0.3) is 0 Å². The fourth-order valence-electron chi connectivity index (χ4n) is 3.28. The van der Waals surface area contributed by atoms with E-state index in [0.29, 0.717) is 0 Å².